The molecule has 0 fully saturated rings. The van der Waals surface area contributed by atoms with Gasteiger partial charge in [-0.1, -0.05) is 19.0 Å². The van der Waals surface area contributed by atoms with Crippen molar-refractivity contribution in [3.8, 4) is 0 Å². The quantitative estimate of drug-likeness (QED) is 0.302. The van der Waals surface area contributed by atoms with Crippen LogP contribution < -0.4 is 16.0 Å². The summed E-state index contributed by atoms with van der Waals surface area (Å²) in [5.74, 6) is 1.65. The summed E-state index contributed by atoms with van der Waals surface area (Å²) >= 11 is 0. The fourth-order valence-corrected chi connectivity index (χ4v) is 2.29. The van der Waals surface area contributed by atoms with E-state index in [2.05, 4.69) is 31.1 Å². The molecule has 0 unspecified atom stereocenters. The Morgan fingerprint density at radius 3 is 2.30 bits per heavy atom. The first-order valence-corrected chi connectivity index (χ1v) is 8.88. The maximum Gasteiger partial charge on any atom is 0.408 e. The number of hydrogen-bond donors (Lipinski definition) is 3. The van der Waals surface area contributed by atoms with E-state index in [0.717, 1.165) is 12.8 Å². The Morgan fingerprint density at radius 1 is 1.22 bits per heavy atom. The molecule has 10 heteroatoms. The number of carbonyl (C=O) groups is 1. The lowest BCUT2D eigenvalue weighted by Crippen LogP contribution is -2.57. The van der Waals surface area contributed by atoms with Gasteiger partial charge in [-0.2, -0.15) is 4.98 Å². The number of rotatable bonds is 7. The monoisotopic (exact) mass is 496 g/mol. The molecule has 27 heavy (non-hydrogen) atoms. The molecule has 0 radical (unpaired) electrons. The third-order valence-electron chi connectivity index (χ3n) is 3.92. The molecule has 0 bridgehead atoms. The van der Waals surface area contributed by atoms with E-state index in [1.807, 2.05) is 34.6 Å². The number of halogens is 1. The van der Waals surface area contributed by atoms with Crippen molar-refractivity contribution >= 4 is 36.0 Å². The minimum Gasteiger partial charge on any atom is -0.444 e. The molecule has 0 atom stereocenters. The lowest BCUT2D eigenvalue weighted by molar-refractivity contribution is 0.0448. The van der Waals surface area contributed by atoms with Gasteiger partial charge in [0.15, 0.2) is 11.8 Å². The van der Waals surface area contributed by atoms with Gasteiger partial charge in [-0.15, -0.1) is 24.0 Å². The zero-order valence-corrected chi connectivity index (χ0v) is 19.6. The van der Waals surface area contributed by atoms with Crippen LogP contribution in [0, 0.1) is 6.92 Å². The third kappa shape index (κ3) is 9.25. The number of guanidine groups is 1. The molecule has 0 spiro atoms. The van der Waals surface area contributed by atoms with Crippen molar-refractivity contribution in [3.05, 3.63) is 11.7 Å². The molecule has 0 aliphatic heterocycles. The van der Waals surface area contributed by atoms with Crippen LogP contribution >= 0.6 is 24.0 Å². The van der Waals surface area contributed by atoms with Crippen molar-refractivity contribution < 1.29 is 14.1 Å². The molecule has 0 aliphatic rings. The van der Waals surface area contributed by atoms with E-state index >= 15 is 0 Å². The number of hydrogen-bond acceptors (Lipinski definition) is 6. The summed E-state index contributed by atoms with van der Waals surface area (Å²) < 4.78 is 10.3. The van der Waals surface area contributed by atoms with Gasteiger partial charge in [-0.3, -0.25) is 4.99 Å². The third-order valence-corrected chi connectivity index (χ3v) is 3.92. The van der Waals surface area contributed by atoms with Gasteiger partial charge < -0.3 is 25.2 Å². The summed E-state index contributed by atoms with van der Waals surface area (Å²) in [4.78, 5) is 20.5. The van der Waals surface area contributed by atoms with E-state index < -0.39 is 17.2 Å². The maximum atomic E-state index is 12.2. The second-order valence-electron chi connectivity index (χ2n) is 7.12. The number of nitrogens with one attached hydrogen (secondary N) is 3. The van der Waals surface area contributed by atoms with Gasteiger partial charge in [0.1, 0.15) is 5.60 Å². The molecule has 3 N–H and O–H groups in total. The van der Waals surface area contributed by atoms with Crippen LogP contribution in [0.15, 0.2) is 9.52 Å². The van der Waals surface area contributed by atoms with Crippen LogP contribution in [-0.2, 0) is 11.3 Å². The number of aliphatic imine (C=N–C) groups is 1. The number of alkyl carbamates (subject to hydrolysis) is 1. The normalized spacial score (nSPS) is 12.2. The number of amides is 1. The first kappa shape index (κ1) is 25.4. The van der Waals surface area contributed by atoms with Gasteiger partial charge in [0.25, 0.3) is 0 Å². The average Bonchev–Trinajstić information content (AvgIpc) is 2.97. The average molecular weight is 496 g/mol. The number of aryl methyl sites for hydroxylation is 1. The van der Waals surface area contributed by atoms with Gasteiger partial charge >= 0.3 is 6.09 Å². The van der Waals surface area contributed by atoms with Crippen molar-refractivity contribution in [2.24, 2.45) is 4.99 Å². The summed E-state index contributed by atoms with van der Waals surface area (Å²) in [7, 11) is 1.68. The predicted molar refractivity (Wildman–Crippen MR) is 115 cm³/mol. The topological polar surface area (TPSA) is 114 Å². The van der Waals surface area contributed by atoms with Crippen molar-refractivity contribution in [2.75, 3.05) is 13.6 Å². The zero-order valence-electron chi connectivity index (χ0n) is 17.3. The van der Waals surface area contributed by atoms with E-state index in [1.165, 1.54) is 0 Å². The molecular weight excluding hydrogens is 463 g/mol. The van der Waals surface area contributed by atoms with E-state index in [1.54, 1.807) is 14.0 Å². The number of aromatic nitrogens is 2. The Balaban J connectivity index is 0.00000676. The SMILES string of the molecule is CCC(CC)(CNC(=NC)NCc1noc(C)n1)NC(=O)OC(C)(C)C.I. The minimum atomic E-state index is -0.537. The molecule has 0 aromatic carbocycles. The second kappa shape index (κ2) is 11.3. The molecule has 9 nitrogen and oxygen atoms in total. The number of ether oxygens (including phenoxy) is 1. The van der Waals surface area contributed by atoms with E-state index in [-0.39, 0.29) is 24.0 Å². The largest absolute Gasteiger partial charge is 0.444 e. The summed E-state index contributed by atoms with van der Waals surface area (Å²) in [5, 5.41) is 13.2. The molecule has 1 heterocycles. The molecule has 156 valence electrons. The molecule has 0 saturated carbocycles. The fourth-order valence-electron chi connectivity index (χ4n) is 2.29. The highest BCUT2D eigenvalue weighted by molar-refractivity contribution is 14.0. The van der Waals surface area contributed by atoms with Crippen LogP contribution in [0.1, 0.15) is 59.2 Å². The Morgan fingerprint density at radius 2 is 1.85 bits per heavy atom. The van der Waals surface area contributed by atoms with Gasteiger partial charge in [0.2, 0.25) is 5.89 Å². The molecule has 1 rings (SSSR count). The first-order chi connectivity index (χ1) is 12.1. The fraction of sp³-hybridized carbons (Fsp3) is 0.765. The Hall–Kier alpha value is -1.59. The summed E-state index contributed by atoms with van der Waals surface area (Å²) in [6, 6.07) is 0. The van der Waals surface area contributed by atoms with E-state index in [4.69, 9.17) is 9.26 Å². The Bertz CT molecular complexity index is 608. The lowest BCUT2D eigenvalue weighted by Gasteiger charge is -2.34. The van der Waals surface area contributed by atoms with E-state index in [0.29, 0.717) is 30.8 Å². The molecule has 0 aliphatic carbocycles. The van der Waals surface area contributed by atoms with Gasteiger partial charge in [-0.25, -0.2) is 4.79 Å². The Labute approximate surface area is 178 Å². The molecule has 1 aromatic heterocycles. The molecule has 1 aromatic rings. The number of nitrogens with zero attached hydrogens (tertiary/aromatic N) is 3. The summed E-state index contributed by atoms with van der Waals surface area (Å²) in [6.45, 7) is 12.2. The van der Waals surface area contributed by atoms with Gasteiger partial charge in [0.05, 0.1) is 12.1 Å². The van der Waals surface area contributed by atoms with Crippen LogP contribution in [0.4, 0.5) is 4.79 Å². The summed E-state index contributed by atoms with van der Waals surface area (Å²) in [6.07, 6.45) is 1.07. The highest BCUT2D eigenvalue weighted by atomic mass is 127. The first-order valence-electron chi connectivity index (χ1n) is 8.88. The molecular formula is C17H33IN6O3. The van der Waals surface area contributed by atoms with Crippen LogP contribution in [-0.4, -0.2) is 46.9 Å². The van der Waals surface area contributed by atoms with Crippen LogP contribution in [0.3, 0.4) is 0 Å². The van der Waals surface area contributed by atoms with Crippen molar-refractivity contribution in [3.63, 3.8) is 0 Å². The van der Waals surface area contributed by atoms with E-state index in [9.17, 15) is 4.79 Å². The second-order valence-corrected chi connectivity index (χ2v) is 7.12. The zero-order chi connectivity index (χ0) is 19.8. The minimum absolute atomic E-state index is 0. The van der Waals surface area contributed by atoms with Gasteiger partial charge in [0, 0.05) is 20.5 Å². The molecule has 1 amide bonds. The maximum absolute atomic E-state index is 12.2. The van der Waals surface area contributed by atoms with Crippen LogP contribution in [0.5, 0.6) is 0 Å². The summed E-state index contributed by atoms with van der Waals surface area (Å²) in [5.41, 5.74) is -0.978. The van der Waals surface area contributed by atoms with Crippen molar-refractivity contribution in [1.82, 2.24) is 26.1 Å². The lowest BCUT2D eigenvalue weighted by atomic mass is 9.93. The highest BCUT2D eigenvalue weighted by Crippen LogP contribution is 2.16. The Kier molecular flexibility index (Phi) is 10.6. The number of carbonyl (C=O) groups excluding carboxylic acids is 1. The standard InChI is InChI=1S/C17H32N6O3.HI/c1-8-17(9-2,22-15(24)25-16(4,5)6)11-20-14(18-7)19-10-13-21-12(3)26-23-13;/h8-11H2,1-7H3,(H,22,24)(H2,18,19,20);1H. The molecule has 0 saturated heterocycles. The van der Waals surface area contributed by atoms with Crippen LogP contribution in [0.25, 0.3) is 0 Å². The van der Waals surface area contributed by atoms with Crippen LogP contribution in [0.2, 0.25) is 0 Å². The van der Waals surface area contributed by atoms with Crippen molar-refractivity contribution in [1.29, 1.82) is 0 Å². The van der Waals surface area contributed by atoms with Crippen molar-refractivity contribution in [2.45, 2.75) is 72.1 Å². The predicted octanol–water partition coefficient (Wildman–Crippen LogP) is 2.74. The smallest absolute Gasteiger partial charge is 0.408 e. The van der Waals surface area contributed by atoms with Gasteiger partial charge in [-0.05, 0) is 33.6 Å². The highest BCUT2D eigenvalue weighted by Gasteiger charge is 2.30.